The largest absolute Gasteiger partial charge is 0.330 e. The summed E-state index contributed by atoms with van der Waals surface area (Å²) in [4.78, 5) is 2.35. The summed E-state index contributed by atoms with van der Waals surface area (Å²) < 4.78 is 12.9. The summed E-state index contributed by atoms with van der Waals surface area (Å²) in [7, 11) is 2.15. The van der Waals surface area contributed by atoms with E-state index >= 15 is 0 Å². The summed E-state index contributed by atoms with van der Waals surface area (Å²) in [5.74, 6) is 0.833. The fourth-order valence-electron chi connectivity index (χ4n) is 2.73. The van der Waals surface area contributed by atoms with E-state index in [1.165, 1.54) is 5.56 Å². The number of nitrogens with two attached hydrogens (primary N) is 1. The van der Waals surface area contributed by atoms with Crippen LogP contribution in [-0.4, -0.2) is 31.6 Å². The highest BCUT2D eigenvalue weighted by atomic mass is 19.1. The number of hydrogen-bond donors (Lipinski definition) is 1. The Morgan fingerprint density at radius 1 is 1.24 bits per heavy atom. The van der Waals surface area contributed by atoms with Crippen molar-refractivity contribution >= 4 is 0 Å². The van der Waals surface area contributed by atoms with Crippen molar-refractivity contribution < 1.29 is 4.39 Å². The van der Waals surface area contributed by atoms with Crippen LogP contribution in [0.5, 0.6) is 0 Å². The van der Waals surface area contributed by atoms with Crippen molar-refractivity contribution in [1.82, 2.24) is 4.90 Å². The molecule has 1 aliphatic heterocycles. The van der Waals surface area contributed by atoms with E-state index in [0.29, 0.717) is 11.8 Å². The predicted molar refractivity (Wildman–Crippen MR) is 68.4 cm³/mol. The van der Waals surface area contributed by atoms with Crippen LogP contribution in [-0.2, 0) is 0 Å². The molecular formula is C14H21FN2. The van der Waals surface area contributed by atoms with Crippen LogP contribution in [0.25, 0.3) is 0 Å². The SMILES string of the molecule is CN1CCC(CN)C(c2ccc(F)cc2)CC1. The second-order valence-corrected chi connectivity index (χ2v) is 5.03. The monoisotopic (exact) mass is 236 g/mol. The maximum Gasteiger partial charge on any atom is 0.123 e. The topological polar surface area (TPSA) is 29.3 Å². The van der Waals surface area contributed by atoms with Gasteiger partial charge in [0.25, 0.3) is 0 Å². The summed E-state index contributed by atoms with van der Waals surface area (Å²) in [6.07, 6.45) is 2.25. The first kappa shape index (κ1) is 12.5. The van der Waals surface area contributed by atoms with Crippen molar-refractivity contribution in [2.24, 2.45) is 11.7 Å². The van der Waals surface area contributed by atoms with E-state index in [1.54, 1.807) is 12.1 Å². The lowest BCUT2D eigenvalue weighted by atomic mass is 9.82. The molecule has 2 N–H and O–H groups in total. The minimum atomic E-state index is -0.163. The minimum absolute atomic E-state index is 0.163. The van der Waals surface area contributed by atoms with E-state index in [9.17, 15) is 4.39 Å². The lowest BCUT2D eigenvalue weighted by Gasteiger charge is -2.23. The Labute approximate surface area is 103 Å². The number of rotatable bonds is 2. The van der Waals surface area contributed by atoms with E-state index in [4.69, 9.17) is 5.73 Å². The van der Waals surface area contributed by atoms with Gasteiger partial charge in [0, 0.05) is 0 Å². The molecule has 2 unspecified atom stereocenters. The van der Waals surface area contributed by atoms with Crippen molar-refractivity contribution in [2.45, 2.75) is 18.8 Å². The van der Waals surface area contributed by atoms with E-state index in [-0.39, 0.29) is 5.82 Å². The first-order chi connectivity index (χ1) is 8.20. The Kier molecular flexibility index (Phi) is 4.13. The van der Waals surface area contributed by atoms with Gasteiger partial charge in [-0.15, -0.1) is 0 Å². The van der Waals surface area contributed by atoms with Crippen LogP contribution in [0.4, 0.5) is 4.39 Å². The van der Waals surface area contributed by atoms with E-state index < -0.39 is 0 Å². The summed E-state index contributed by atoms with van der Waals surface area (Å²) in [6, 6.07) is 6.93. The average Bonchev–Trinajstić information content (AvgIpc) is 2.52. The van der Waals surface area contributed by atoms with Crippen molar-refractivity contribution in [3.05, 3.63) is 35.6 Å². The Bertz CT molecular complexity index is 350. The van der Waals surface area contributed by atoms with Gasteiger partial charge in [0.15, 0.2) is 0 Å². The van der Waals surface area contributed by atoms with Gasteiger partial charge in [0.2, 0.25) is 0 Å². The first-order valence-electron chi connectivity index (χ1n) is 6.35. The quantitative estimate of drug-likeness (QED) is 0.853. The van der Waals surface area contributed by atoms with Crippen LogP contribution in [0, 0.1) is 11.7 Å². The molecule has 2 atom stereocenters. The third-order valence-electron chi connectivity index (χ3n) is 3.87. The van der Waals surface area contributed by atoms with Gasteiger partial charge in [0.1, 0.15) is 5.82 Å². The summed E-state index contributed by atoms with van der Waals surface area (Å²) in [5, 5.41) is 0. The maximum absolute atomic E-state index is 12.9. The molecule has 0 aromatic heterocycles. The van der Waals surface area contributed by atoms with Gasteiger partial charge < -0.3 is 10.6 Å². The number of benzene rings is 1. The molecule has 1 aromatic rings. The zero-order valence-corrected chi connectivity index (χ0v) is 10.4. The molecule has 1 saturated heterocycles. The molecule has 1 aliphatic rings. The lowest BCUT2D eigenvalue weighted by Crippen LogP contribution is -2.22. The number of halogens is 1. The van der Waals surface area contributed by atoms with Crippen molar-refractivity contribution in [3.8, 4) is 0 Å². The zero-order chi connectivity index (χ0) is 12.3. The molecule has 0 radical (unpaired) electrons. The molecular weight excluding hydrogens is 215 g/mol. The molecule has 1 fully saturated rings. The van der Waals surface area contributed by atoms with Crippen LogP contribution >= 0.6 is 0 Å². The van der Waals surface area contributed by atoms with Crippen LogP contribution in [0.3, 0.4) is 0 Å². The van der Waals surface area contributed by atoms with Crippen LogP contribution in [0.2, 0.25) is 0 Å². The molecule has 0 spiro atoms. The van der Waals surface area contributed by atoms with Gasteiger partial charge in [-0.3, -0.25) is 0 Å². The molecule has 0 bridgehead atoms. The molecule has 17 heavy (non-hydrogen) atoms. The standard InChI is InChI=1S/C14H21FN2/c1-17-8-6-12(10-16)14(7-9-17)11-2-4-13(15)5-3-11/h2-5,12,14H,6-10,16H2,1H3. The fraction of sp³-hybridized carbons (Fsp3) is 0.571. The van der Waals surface area contributed by atoms with Crippen LogP contribution < -0.4 is 5.73 Å². The summed E-state index contributed by atoms with van der Waals surface area (Å²) >= 11 is 0. The van der Waals surface area contributed by atoms with Crippen LogP contribution in [0.1, 0.15) is 24.3 Å². The minimum Gasteiger partial charge on any atom is -0.330 e. The average molecular weight is 236 g/mol. The number of hydrogen-bond acceptors (Lipinski definition) is 2. The van der Waals surface area contributed by atoms with Gasteiger partial charge in [-0.05, 0) is 69.1 Å². The van der Waals surface area contributed by atoms with Crippen LogP contribution in [0.15, 0.2) is 24.3 Å². The van der Waals surface area contributed by atoms with Crippen molar-refractivity contribution in [1.29, 1.82) is 0 Å². The summed E-state index contributed by atoms with van der Waals surface area (Å²) in [6.45, 7) is 2.92. The Morgan fingerprint density at radius 3 is 2.53 bits per heavy atom. The van der Waals surface area contributed by atoms with Gasteiger partial charge >= 0.3 is 0 Å². The highest BCUT2D eigenvalue weighted by Crippen LogP contribution is 2.32. The smallest absolute Gasteiger partial charge is 0.123 e. The zero-order valence-electron chi connectivity index (χ0n) is 10.4. The second kappa shape index (κ2) is 5.61. The third kappa shape index (κ3) is 3.05. The third-order valence-corrected chi connectivity index (χ3v) is 3.87. The highest BCUT2D eigenvalue weighted by Gasteiger charge is 2.25. The van der Waals surface area contributed by atoms with Gasteiger partial charge in [-0.25, -0.2) is 4.39 Å². The molecule has 94 valence electrons. The molecule has 0 saturated carbocycles. The molecule has 3 heteroatoms. The molecule has 0 amide bonds. The van der Waals surface area contributed by atoms with Crippen molar-refractivity contribution in [2.75, 3.05) is 26.7 Å². The molecule has 2 nitrogen and oxygen atoms in total. The molecule has 2 rings (SSSR count). The highest BCUT2D eigenvalue weighted by molar-refractivity contribution is 5.21. The van der Waals surface area contributed by atoms with E-state index in [0.717, 1.165) is 32.5 Å². The molecule has 1 aromatic carbocycles. The van der Waals surface area contributed by atoms with Gasteiger partial charge in [-0.1, -0.05) is 12.1 Å². The van der Waals surface area contributed by atoms with Gasteiger partial charge in [0.05, 0.1) is 0 Å². The first-order valence-corrected chi connectivity index (χ1v) is 6.35. The normalized spacial score (nSPS) is 26.8. The predicted octanol–water partition coefficient (Wildman–Crippen LogP) is 2.21. The van der Waals surface area contributed by atoms with E-state index in [1.807, 2.05) is 12.1 Å². The summed E-state index contributed by atoms with van der Waals surface area (Å²) in [5.41, 5.74) is 7.12. The fourth-order valence-corrected chi connectivity index (χ4v) is 2.73. The van der Waals surface area contributed by atoms with E-state index in [2.05, 4.69) is 11.9 Å². The maximum atomic E-state index is 12.9. The Morgan fingerprint density at radius 2 is 1.88 bits per heavy atom. The van der Waals surface area contributed by atoms with Gasteiger partial charge in [-0.2, -0.15) is 0 Å². The lowest BCUT2D eigenvalue weighted by molar-refractivity contribution is 0.342. The van der Waals surface area contributed by atoms with Crippen molar-refractivity contribution in [3.63, 3.8) is 0 Å². The molecule has 1 heterocycles. The number of nitrogens with zero attached hydrogens (tertiary/aromatic N) is 1. The Hall–Kier alpha value is -0.930. The number of likely N-dealkylation sites (tertiary alicyclic amines) is 1. The Balaban J connectivity index is 2.18. The molecule has 0 aliphatic carbocycles. The second-order valence-electron chi connectivity index (χ2n) is 5.03.